The van der Waals surface area contributed by atoms with Gasteiger partial charge in [-0.1, -0.05) is 29.8 Å². The van der Waals surface area contributed by atoms with Crippen LogP contribution < -0.4 is 14.8 Å². The van der Waals surface area contributed by atoms with Crippen molar-refractivity contribution >= 4 is 11.6 Å². The van der Waals surface area contributed by atoms with E-state index in [0.717, 1.165) is 24.9 Å². The van der Waals surface area contributed by atoms with Crippen LogP contribution in [0.3, 0.4) is 0 Å². The summed E-state index contributed by atoms with van der Waals surface area (Å²) in [5.74, 6) is 1.27. The molecule has 1 N–H and O–H groups in total. The molecule has 4 heteroatoms. The van der Waals surface area contributed by atoms with Crippen LogP contribution in [0.15, 0.2) is 24.3 Å². The Morgan fingerprint density at radius 1 is 1.26 bits per heavy atom. The maximum Gasteiger partial charge on any atom is 0.179 e. The standard InChI is InChI=1S/C15H20ClNO2/c1-18-13-9-8-11(14(16)15(13)19-2)10-17-12-6-4-3-5-7-12/h3-4,8-9,12,17H,5-7,10H2,1-2H3. The Bertz CT molecular complexity index is 460. The van der Waals surface area contributed by atoms with Crippen LogP contribution in [0.2, 0.25) is 5.02 Å². The molecule has 1 unspecified atom stereocenters. The van der Waals surface area contributed by atoms with Gasteiger partial charge < -0.3 is 14.8 Å². The minimum atomic E-state index is 0.536. The average molecular weight is 282 g/mol. The van der Waals surface area contributed by atoms with Gasteiger partial charge in [0.05, 0.1) is 19.2 Å². The second-order valence-electron chi connectivity index (χ2n) is 4.64. The molecule has 0 bridgehead atoms. The fourth-order valence-corrected chi connectivity index (χ4v) is 2.60. The molecule has 0 spiro atoms. The molecule has 104 valence electrons. The summed E-state index contributed by atoms with van der Waals surface area (Å²) >= 11 is 6.35. The van der Waals surface area contributed by atoms with Gasteiger partial charge in [0.25, 0.3) is 0 Å². The zero-order valence-corrected chi connectivity index (χ0v) is 12.2. The molecule has 0 saturated heterocycles. The van der Waals surface area contributed by atoms with Crippen molar-refractivity contribution in [2.45, 2.75) is 31.8 Å². The fourth-order valence-electron chi connectivity index (χ4n) is 2.30. The molecular weight excluding hydrogens is 262 g/mol. The largest absolute Gasteiger partial charge is 0.493 e. The van der Waals surface area contributed by atoms with E-state index in [1.54, 1.807) is 14.2 Å². The number of allylic oxidation sites excluding steroid dienone is 1. The molecule has 0 fully saturated rings. The van der Waals surface area contributed by atoms with Gasteiger partial charge in [-0.3, -0.25) is 0 Å². The second-order valence-corrected chi connectivity index (χ2v) is 5.01. The molecule has 0 saturated carbocycles. The zero-order chi connectivity index (χ0) is 13.7. The SMILES string of the molecule is COc1ccc(CNC2CC=CCC2)c(Cl)c1OC. The lowest BCUT2D eigenvalue weighted by Crippen LogP contribution is -2.29. The minimum Gasteiger partial charge on any atom is -0.493 e. The van der Waals surface area contributed by atoms with Crippen molar-refractivity contribution in [1.82, 2.24) is 5.32 Å². The number of methoxy groups -OCH3 is 2. The van der Waals surface area contributed by atoms with Gasteiger partial charge in [-0.05, 0) is 30.9 Å². The highest BCUT2D eigenvalue weighted by Gasteiger charge is 2.14. The van der Waals surface area contributed by atoms with Crippen molar-refractivity contribution in [2.24, 2.45) is 0 Å². The molecule has 1 aliphatic carbocycles. The van der Waals surface area contributed by atoms with E-state index < -0.39 is 0 Å². The first kappa shape index (κ1) is 14.2. The van der Waals surface area contributed by atoms with Crippen LogP contribution in [0.5, 0.6) is 11.5 Å². The lowest BCUT2D eigenvalue weighted by molar-refractivity contribution is 0.354. The molecule has 0 heterocycles. The normalized spacial score (nSPS) is 18.4. The number of benzene rings is 1. The third kappa shape index (κ3) is 3.43. The third-order valence-electron chi connectivity index (χ3n) is 3.42. The van der Waals surface area contributed by atoms with E-state index in [1.165, 1.54) is 6.42 Å². The Hall–Kier alpha value is -1.19. The lowest BCUT2D eigenvalue weighted by Gasteiger charge is -2.20. The van der Waals surface area contributed by atoms with E-state index in [0.29, 0.717) is 22.6 Å². The molecule has 1 aliphatic rings. The molecular formula is C15H20ClNO2. The van der Waals surface area contributed by atoms with Crippen LogP contribution in [-0.2, 0) is 6.54 Å². The predicted octanol–water partition coefficient (Wildman–Crippen LogP) is 3.56. The van der Waals surface area contributed by atoms with Gasteiger partial charge in [0.15, 0.2) is 11.5 Å². The molecule has 2 rings (SSSR count). The fraction of sp³-hybridized carbons (Fsp3) is 0.467. The van der Waals surface area contributed by atoms with Gasteiger partial charge in [-0.2, -0.15) is 0 Å². The summed E-state index contributed by atoms with van der Waals surface area (Å²) in [6, 6.07) is 4.41. The summed E-state index contributed by atoms with van der Waals surface area (Å²) in [6.07, 6.45) is 7.89. The van der Waals surface area contributed by atoms with Crippen molar-refractivity contribution in [3.63, 3.8) is 0 Å². The topological polar surface area (TPSA) is 30.5 Å². The molecule has 19 heavy (non-hydrogen) atoms. The van der Waals surface area contributed by atoms with E-state index in [1.807, 2.05) is 12.1 Å². The van der Waals surface area contributed by atoms with Crippen molar-refractivity contribution in [3.8, 4) is 11.5 Å². The highest BCUT2D eigenvalue weighted by atomic mass is 35.5. The Balaban J connectivity index is 2.05. The summed E-state index contributed by atoms with van der Waals surface area (Å²) in [7, 11) is 3.22. The lowest BCUT2D eigenvalue weighted by atomic mass is 10.0. The van der Waals surface area contributed by atoms with Crippen LogP contribution in [0.1, 0.15) is 24.8 Å². The predicted molar refractivity (Wildman–Crippen MR) is 78.2 cm³/mol. The highest BCUT2D eigenvalue weighted by molar-refractivity contribution is 6.33. The minimum absolute atomic E-state index is 0.536. The Labute approximate surface area is 119 Å². The van der Waals surface area contributed by atoms with Crippen LogP contribution in [0.4, 0.5) is 0 Å². The van der Waals surface area contributed by atoms with Gasteiger partial charge in [0.1, 0.15) is 0 Å². The first-order valence-corrected chi connectivity index (χ1v) is 6.91. The monoisotopic (exact) mass is 281 g/mol. The maximum absolute atomic E-state index is 6.35. The van der Waals surface area contributed by atoms with Crippen molar-refractivity contribution in [3.05, 3.63) is 34.9 Å². The summed E-state index contributed by atoms with van der Waals surface area (Å²) in [5, 5.41) is 4.16. The first-order valence-electron chi connectivity index (χ1n) is 6.54. The first-order chi connectivity index (χ1) is 9.26. The quantitative estimate of drug-likeness (QED) is 0.837. The molecule has 0 aromatic heterocycles. The summed E-state index contributed by atoms with van der Waals surface area (Å²) in [5.41, 5.74) is 1.04. The zero-order valence-electron chi connectivity index (χ0n) is 11.4. The number of ether oxygens (including phenoxy) is 2. The third-order valence-corrected chi connectivity index (χ3v) is 3.83. The molecule has 1 aromatic rings. The van der Waals surface area contributed by atoms with Crippen LogP contribution in [0, 0.1) is 0 Å². The van der Waals surface area contributed by atoms with Crippen LogP contribution >= 0.6 is 11.6 Å². The molecule has 1 atom stereocenters. The summed E-state index contributed by atoms with van der Waals surface area (Å²) in [4.78, 5) is 0. The van der Waals surface area contributed by atoms with E-state index in [2.05, 4.69) is 17.5 Å². The maximum atomic E-state index is 6.35. The average Bonchev–Trinajstić information content (AvgIpc) is 2.46. The molecule has 0 radical (unpaired) electrons. The van der Waals surface area contributed by atoms with Gasteiger partial charge >= 0.3 is 0 Å². The van der Waals surface area contributed by atoms with Crippen molar-refractivity contribution in [1.29, 1.82) is 0 Å². The van der Waals surface area contributed by atoms with Gasteiger partial charge in [0, 0.05) is 12.6 Å². The summed E-state index contributed by atoms with van der Waals surface area (Å²) < 4.78 is 10.5. The van der Waals surface area contributed by atoms with Gasteiger partial charge in [0.2, 0.25) is 0 Å². The Morgan fingerprint density at radius 2 is 2.11 bits per heavy atom. The van der Waals surface area contributed by atoms with E-state index in [4.69, 9.17) is 21.1 Å². The molecule has 0 amide bonds. The highest BCUT2D eigenvalue weighted by Crippen LogP contribution is 2.37. The van der Waals surface area contributed by atoms with Crippen molar-refractivity contribution < 1.29 is 9.47 Å². The molecule has 0 aliphatic heterocycles. The second kappa shape index (κ2) is 6.83. The van der Waals surface area contributed by atoms with E-state index in [-0.39, 0.29) is 0 Å². The van der Waals surface area contributed by atoms with Crippen LogP contribution in [0.25, 0.3) is 0 Å². The number of hydrogen-bond acceptors (Lipinski definition) is 3. The summed E-state index contributed by atoms with van der Waals surface area (Å²) in [6.45, 7) is 0.748. The van der Waals surface area contributed by atoms with Gasteiger partial charge in [-0.15, -0.1) is 0 Å². The van der Waals surface area contributed by atoms with E-state index >= 15 is 0 Å². The number of nitrogens with one attached hydrogen (secondary N) is 1. The molecule has 3 nitrogen and oxygen atoms in total. The number of hydrogen-bond donors (Lipinski definition) is 1. The number of halogens is 1. The Kier molecular flexibility index (Phi) is 5.11. The molecule has 1 aromatic carbocycles. The van der Waals surface area contributed by atoms with E-state index in [9.17, 15) is 0 Å². The number of rotatable bonds is 5. The van der Waals surface area contributed by atoms with Crippen molar-refractivity contribution in [2.75, 3.05) is 14.2 Å². The Morgan fingerprint density at radius 3 is 2.74 bits per heavy atom. The smallest absolute Gasteiger partial charge is 0.179 e. The van der Waals surface area contributed by atoms with Crippen LogP contribution in [-0.4, -0.2) is 20.3 Å². The van der Waals surface area contributed by atoms with Gasteiger partial charge in [-0.25, -0.2) is 0 Å².